The van der Waals surface area contributed by atoms with E-state index in [1.807, 2.05) is 18.2 Å². The normalized spacial score (nSPS) is 12.1. The van der Waals surface area contributed by atoms with Crippen LogP contribution >= 0.6 is 0 Å². The molecule has 2 nitrogen and oxygen atoms in total. The third-order valence-electron chi connectivity index (χ3n) is 3.33. The van der Waals surface area contributed by atoms with Crippen molar-refractivity contribution in [1.82, 2.24) is 0 Å². The van der Waals surface area contributed by atoms with Gasteiger partial charge < -0.3 is 10.5 Å². The highest BCUT2D eigenvalue weighted by molar-refractivity contribution is 5.59. The van der Waals surface area contributed by atoms with Gasteiger partial charge in [0.2, 0.25) is 0 Å². The zero-order chi connectivity index (χ0) is 12.9. The number of hydrogen-bond donors (Lipinski definition) is 1. The van der Waals surface area contributed by atoms with E-state index in [9.17, 15) is 0 Å². The Morgan fingerprint density at radius 2 is 2.06 bits per heavy atom. The van der Waals surface area contributed by atoms with Gasteiger partial charge in [-0.15, -0.1) is 0 Å². The van der Waals surface area contributed by atoms with E-state index in [0.717, 1.165) is 17.7 Å². The molecule has 2 heteroatoms. The van der Waals surface area contributed by atoms with Crippen molar-refractivity contribution in [1.29, 1.82) is 0 Å². The second-order valence-corrected chi connectivity index (χ2v) is 4.83. The zero-order valence-corrected chi connectivity index (χ0v) is 11.3. The van der Waals surface area contributed by atoms with Crippen LogP contribution in [0.25, 0.3) is 6.08 Å². The van der Waals surface area contributed by atoms with E-state index in [0.29, 0.717) is 6.54 Å². The molecule has 0 fully saturated rings. The average Bonchev–Trinajstić information content (AvgIpc) is 2.35. The number of methoxy groups -OCH3 is 1. The lowest BCUT2D eigenvalue weighted by atomic mass is 9.81. The molecule has 0 heterocycles. The molecule has 0 unspecified atom stereocenters. The second-order valence-electron chi connectivity index (χ2n) is 4.83. The molecule has 0 aliphatic rings. The summed E-state index contributed by atoms with van der Waals surface area (Å²) in [5, 5.41) is 0. The maximum atomic E-state index is 5.49. The van der Waals surface area contributed by atoms with Crippen molar-refractivity contribution in [3.8, 4) is 5.75 Å². The van der Waals surface area contributed by atoms with E-state index in [2.05, 4.69) is 32.9 Å². The monoisotopic (exact) mass is 233 g/mol. The zero-order valence-electron chi connectivity index (χ0n) is 11.3. The average molecular weight is 233 g/mol. The number of benzene rings is 1. The topological polar surface area (TPSA) is 35.2 Å². The predicted molar refractivity (Wildman–Crippen MR) is 74.4 cm³/mol. The first kappa shape index (κ1) is 13.8. The molecule has 0 radical (unpaired) electrons. The van der Waals surface area contributed by atoms with E-state index in [-0.39, 0.29) is 5.41 Å². The first-order valence-electron chi connectivity index (χ1n) is 6.10. The maximum Gasteiger partial charge on any atom is 0.126 e. The molecule has 0 atom stereocenters. The summed E-state index contributed by atoms with van der Waals surface area (Å²) >= 11 is 0. The Morgan fingerprint density at radius 3 is 2.59 bits per heavy atom. The van der Waals surface area contributed by atoms with Crippen LogP contribution < -0.4 is 10.5 Å². The number of ether oxygens (including phenoxy) is 1. The fourth-order valence-electron chi connectivity index (χ4n) is 1.68. The van der Waals surface area contributed by atoms with Crippen molar-refractivity contribution >= 4 is 6.08 Å². The highest BCUT2D eigenvalue weighted by Crippen LogP contribution is 2.31. The smallest absolute Gasteiger partial charge is 0.126 e. The minimum atomic E-state index is 0.192. The second kappa shape index (κ2) is 5.87. The number of hydrogen-bond acceptors (Lipinski definition) is 2. The van der Waals surface area contributed by atoms with Crippen molar-refractivity contribution in [3.05, 3.63) is 35.4 Å². The summed E-state index contributed by atoms with van der Waals surface area (Å²) in [4.78, 5) is 0. The molecule has 0 spiro atoms. The lowest BCUT2D eigenvalue weighted by Gasteiger charge is -2.24. The van der Waals surface area contributed by atoms with Crippen molar-refractivity contribution in [3.63, 3.8) is 0 Å². The Balaban J connectivity index is 3.17. The summed E-state index contributed by atoms with van der Waals surface area (Å²) in [6.07, 6.45) is 5.08. The molecule has 0 saturated carbocycles. The van der Waals surface area contributed by atoms with E-state index < -0.39 is 0 Å². The molecular weight excluding hydrogens is 210 g/mol. The lowest BCUT2D eigenvalue weighted by molar-refractivity contribution is 0.412. The molecule has 0 amide bonds. The van der Waals surface area contributed by atoms with Crippen molar-refractivity contribution < 1.29 is 4.74 Å². The third kappa shape index (κ3) is 3.34. The van der Waals surface area contributed by atoms with Crippen LogP contribution in [0.5, 0.6) is 5.75 Å². The van der Waals surface area contributed by atoms with Crippen LogP contribution in [0.3, 0.4) is 0 Å². The fourth-order valence-corrected chi connectivity index (χ4v) is 1.68. The molecule has 1 rings (SSSR count). The van der Waals surface area contributed by atoms with E-state index in [1.165, 1.54) is 5.56 Å². The predicted octanol–water partition coefficient (Wildman–Crippen LogP) is 3.35. The third-order valence-corrected chi connectivity index (χ3v) is 3.33. The summed E-state index contributed by atoms with van der Waals surface area (Å²) in [5.74, 6) is 0.894. The molecule has 94 valence electrons. The molecule has 0 saturated heterocycles. The first-order chi connectivity index (χ1) is 8.05. The summed E-state index contributed by atoms with van der Waals surface area (Å²) in [5.41, 5.74) is 8.11. The Bertz CT molecular complexity index is 394. The summed E-state index contributed by atoms with van der Waals surface area (Å²) < 4.78 is 5.35. The van der Waals surface area contributed by atoms with Crippen LogP contribution in [-0.2, 0) is 5.41 Å². The molecule has 0 aromatic heterocycles. The fraction of sp³-hybridized carbons (Fsp3) is 0.467. The molecule has 0 aliphatic heterocycles. The minimum Gasteiger partial charge on any atom is -0.496 e. The van der Waals surface area contributed by atoms with Crippen LogP contribution in [0.1, 0.15) is 38.3 Å². The summed E-state index contributed by atoms with van der Waals surface area (Å²) in [6, 6.07) is 6.36. The molecular formula is C15H23NO. The van der Waals surface area contributed by atoms with Crippen LogP contribution in [0.4, 0.5) is 0 Å². The standard InChI is InChI=1S/C15H23NO/c1-5-15(2,3)13-8-9-14(17-4)12(11-13)7-6-10-16/h6-9,11H,5,10,16H2,1-4H3/b7-6+. The maximum absolute atomic E-state index is 5.49. The van der Waals surface area contributed by atoms with Crippen LogP contribution in [0, 0.1) is 0 Å². The van der Waals surface area contributed by atoms with Gasteiger partial charge in [0, 0.05) is 12.1 Å². The molecule has 2 N–H and O–H groups in total. The SMILES string of the molecule is CCC(C)(C)c1ccc(OC)c(/C=C/CN)c1. The van der Waals surface area contributed by atoms with Gasteiger partial charge in [0.05, 0.1) is 7.11 Å². The minimum absolute atomic E-state index is 0.192. The van der Waals surface area contributed by atoms with Gasteiger partial charge in [-0.2, -0.15) is 0 Å². The van der Waals surface area contributed by atoms with Gasteiger partial charge in [-0.1, -0.05) is 39.0 Å². The largest absolute Gasteiger partial charge is 0.496 e. The Kier molecular flexibility index (Phi) is 4.76. The number of nitrogens with two attached hydrogens (primary N) is 1. The van der Waals surface area contributed by atoms with Gasteiger partial charge in [0.1, 0.15) is 5.75 Å². The van der Waals surface area contributed by atoms with Gasteiger partial charge >= 0.3 is 0 Å². The van der Waals surface area contributed by atoms with Crippen molar-refractivity contribution in [2.75, 3.05) is 13.7 Å². The lowest BCUT2D eigenvalue weighted by Crippen LogP contribution is -2.15. The van der Waals surface area contributed by atoms with Gasteiger partial charge in [-0.05, 0) is 29.5 Å². The van der Waals surface area contributed by atoms with Crippen molar-refractivity contribution in [2.45, 2.75) is 32.6 Å². The van der Waals surface area contributed by atoms with E-state index in [1.54, 1.807) is 7.11 Å². The van der Waals surface area contributed by atoms with Crippen molar-refractivity contribution in [2.24, 2.45) is 5.73 Å². The Hall–Kier alpha value is -1.28. The quantitative estimate of drug-likeness (QED) is 0.846. The van der Waals surface area contributed by atoms with E-state index in [4.69, 9.17) is 10.5 Å². The Labute approximate surface area is 104 Å². The summed E-state index contributed by atoms with van der Waals surface area (Å²) in [6.45, 7) is 7.26. The van der Waals surface area contributed by atoms with Crippen LogP contribution in [-0.4, -0.2) is 13.7 Å². The first-order valence-corrected chi connectivity index (χ1v) is 6.10. The van der Waals surface area contributed by atoms with Gasteiger partial charge in [0.25, 0.3) is 0 Å². The molecule has 1 aromatic carbocycles. The van der Waals surface area contributed by atoms with Gasteiger partial charge in [0.15, 0.2) is 0 Å². The number of rotatable bonds is 5. The highest BCUT2D eigenvalue weighted by Gasteiger charge is 2.18. The molecule has 17 heavy (non-hydrogen) atoms. The van der Waals surface area contributed by atoms with E-state index >= 15 is 0 Å². The molecule has 0 bridgehead atoms. The van der Waals surface area contributed by atoms with Gasteiger partial charge in [-0.25, -0.2) is 0 Å². The Morgan fingerprint density at radius 1 is 1.35 bits per heavy atom. The van der Waals surface area contributed by atoms with Crippen LogP contribution in [0.2, 0.25) is 0 Å². The highest BCUT2D eigenvalue weighted by atomic mass is 16.5. The van der Waals surface area contributed by atoms with Gasteiger partial charge in [-0.3, -0.25) is 0 Å². The van der Waals surface area contributed by atoms with Crippen LogP contribution in [0.15, 0.2) is 24.3 Å². The summed E-state index contributed by atoms with van der Waals surface area (Å²) in [7, 11) is 1.69. The molecule has 0 aliphatic carbocycles. The molecule has 1 aromatic rings.